The Kier molecular flexibility index (Phi) is 4.07. The zero-order valence-electron chi connectivity index (χ0n) is 16.2. The normalized spacial score (nSPS) is 11.2. The van der Waals surface area contributed by atoms with E-state index in [-0.39, 0.29) is 0 Å². The predicted molar refractivity (Wildman–Crippen MR) is 112 cm³/mol. The second-order valence-electron chi connectivity index (χ2n) is 6.62. The van der Waals surface area contributed by atoms with Crippen LogP contribution >= 0.6 is 0 Å². The van der Waals surface area contributed by atoms with Crippen molar-refractivity contribution >= 4 is 11.5 Å². The molecule has 4 aromatic rings. The van der Waals surface area contributed by atoms with E-state index in [0.717, 1.165) is 28.2 Å². The second kappa shape index (κ2) is 6.90. The highest BCUT2D eigenvalue weighted by Crippen LogP contribution is 2.44. The van der Waals surface area contributed by atoms with Crippen molar-refractivity contribution in [3.05, 3.63) is 54.5 Å². The van der Waals surface area contributed by atoms with Crippen molar-refractivity contribution < 1.29 is 9.47 Å². The maximum Gasteiger partial charge on any atom is 0.142 e. The molecule has 30 heavy (non-hydrogen) atoms. The van der Waals surface area contributed by atoms with Gasteiger partial charge in [-0.3, -0.25) is 4.98 Å². The van der Waals surface area contributed by atoms with E-state index in [2.05, 4.69) is 26.3 Å². The molecule has 146 valence electrons. The fourth-order valence-corrected chi connectivity index (χ4v) is 3.60. The molecule has 0 bridgehead atoms. The molecule has 0 fully saturated rings. The van der Waals surface area contributed by atoms with Gasteiger partial charge in [-0.25, -0.2) is 9.97 Å². The number of nitrogens with zero attached hydrogens (tertiary/aromatic N) is 4. The number of fused-ring (bicyclic) bond motifs is 5. The highest BCUT2D eigenvalue weighted by atomic mass is 16.5. The van der Waals surface area contributed by atoms with Gasteiger partial charge in [-0.1, -0.05) is 0 Å². The Morgan fingerprint density at radius 2 is 1.87 bits per heavy atom. The van der Waals surface area contributed by atoms with Gasteiger partial charge in [-0.2, -0.15) is 5.26 Å². The summed E-state index contributed by atoms with van der Waals surface area (Å²) in [6.45, 7) is 0. The number of hydrogen-bond acceptors (Lipinski definition) is 7. The van der Waals surface area contributed by atoms with Crippen LogP contribution in [0.5, 0.6) is 11.5 Å². The first-order valence-electron chi connectivity index (χ1n) is 9.16. The van der Waals surface area contributed by atoms with Gasteiger partial charge in [0.15, 0.2) is 0 Å². The highest BCUT2D eigenvalue weighted by Gasteiger charge is 2.25. The van der Waals surface area contributed by atoms with E-state index in [0.29, 0.717) is 34.3 Å². The number of anilines is 2. The summed E-state index contributed by atoms with van der Waals surface area (Å²) in [4.78, 5) is 17.0. The molecule has 0 aliphatic carbocycles. The van der Waals surface area contributed by atoms with Crippen LogP contribution in [0.3, 0.4) is 0 Å². The average molecular weight is 396 g/mol. The summed E-state index contributed by atoms with van der Waals surface area (Å²) < 4.78 is 10.9. The molecule has 3 aromatic heterocycles. The Morgan fingerprint density at radius 3 is 2.67 bits per heavy atom. The lowest BCUT2D eigenvalue weighted by atomic mass is 10.1. The van der Waals surface area contributed by atoms with Gasteiger partial charge in [-0.05, 0) is 24.3 Å². The number of rotatable bonds is 3. The van der Waals surface area contributed by atoms with Crippen molar-refractivity contribution in [3.8, 4) is 51.5 Å². The SMILES string of the molecule is COc1cc(-c2nc3c([nH]2)-c2ccncc2Nc2ncccc2-3)c(OC)cc1C#N. The van der Waals surface area contributed by atoms with Gasteiger partial charge in [0.05, 0.1) is 42.9 Å². The van der Waals surface area contributed by atoms with Crippen molar-refractivity contribution in [1.29, 1.82) is 5.26 Å². The van der Waals surface area contributed by atoms with Crippen LogP contribution in [0.25, 0.3) is 33.9 Å². The summed E-state index contributed by atoms with van der Waals surface area (Å²) in [7, 11) is 3.09. The standard InChI is InChI=1S/C22H16N6O2/c1-29-17-9-15(18(30-2)8-12(17)10-23)22-27-19-13-5-7-24-11-16(13)26-21-14(20(19)28-22)4-3-6-25-21/h3-9,11H,1-2H3,(H,25,26)(H,27,28). The largest absolute Gasteiger partial charge is 0.496 e. The lowest BCUT2D eigenvalue weighted by Gasteiger charge is -2.11. The third-order valence-corrected chi connectivity index (χ3v) is 5.01. The van der Waals surface area contributed by atoms with Gasteiger partial charge < -0.3 is 19.8 Å². The number of ether oxygens (including phenoxy) is 2. The molecule has 1 aliphatic rings. The maximum atomic E-state index is 9.38. The predicted octanol–water partition coefficient (Wildman–Crippen LogP) is 4.15. The third kappa shape index (κ3) is 2.64. The van der Waals surface area contributed by atoms with E-state index >= 15 is 0 Å². The summed E-state index contributed by atoms with van der Waals surface area (Å²) in [5.41, 5.74) is 5.30. The number of hydrogen-bond donors (Lipinski definition) is 2. The van der Waals surface area contributed by atoms with Crippen LogP contribution in [0.2, 0.25) is 0 Å². The molecule has 8 heteroatoms. The summed E-state index contributed by atoms with van der Waals surface area (Å²) in [6, 6.07) is 11.3. The van der Waals surface area contributed by atoms with Crippen LogP contribution in [-0.4, -0.2) is 34.2 Å². The molecule has 8 nitrogen and oxygen atoms in total. The fourth-order valence-electron chi connectivity index (χ4n) is 3.60. The van der Waals surface area contributed by atoms with Crippen LogP contribution in [0.1, 0.15) is 5.56 Å². The summed E-state index contributed by atoms with van der Waals surface area (Å²) in [5.74, 6) is 2.27. The Morgan fingerprint density at radius 1 is 1.00 bits per heavy atom. The number of methoxy groups -OCH3 is 2. The first kappa shape index (κ1) is 17.7. The Balaban J connectivity index is 1.79. The van der Waals surface area contributed by atoms with Gasteiger partial charge >= 0.3 is 0 Å². The number of aromatic amines is 1. The number of pyridine rings is 2. The molecule has 0 radical (unpaired) electrons. The number of H-pyrrole nitrogens is 1. The summed E-state index contributed by atoms with van der Waals surface area (Å²) in [5, 5.41) is 12.7. The molecule has 1 aromatic carbocycles. The topological polar surface area (TPSA) is 109 Å². The van der Waals surface area contributed by atoms with Crippen LogP contribution in [0.15, 0.2) is 48.9 Å². The van der Waals surface area contributed by atoms with Crippen molar-refractivity contribution in [2.75, 3.05) is 19.5 Å². The van der Waals surface area contributed by atoms with E-state index in [1.165, 1.54) is 7.11 Å². The van der Waals surface area contributed by atoms with Gasteiger partial charge in [0, 0.05) is 29.6 Å². The first-order valence-corrected chi connectivity index (χ1v) is 9.16. The number of aromatic nitrogens is 4. The smallest absolute Gasteiger partial charge is 0.142 e. The summed E-state index contributed by atoms with van der Waals surface area (Å²) in [6.07, 6.45) is 5.23. The quantitative estimate of drug-likeness (QED) is 0.471. The van der Waals surface area contributed by atoms with E-state index in [1.807, 2.05) is 18.2 Å². The molecule has 1 aliphatic heterocycles. The Hall–Kier alpha value is -4.38. The lowest BCUT2D eigenvalue weighted by molar-refractivity contribution is 0.403. The van der Waals surface area contributed by atoms with Crippen molar-refractivity contribution in [2.24, 2.45) is 0 Å². The van der Waals surface area contributed by atoms with E-state index in [1.54, 1.807) is 37.8 Å². The fraction of sp³-hybridized carbons (Fsp3) is 0.0909. The molecule has 0 unspecified atom stereocenters. The van der Waals surface area contributed by atoms with Crippen molar-refractivity contribution in [3.63, 3.8) is 0 Å². The average Bonchev–Trinajstić information content (AvgIpc) is 3.18. The minimum absolute atomic E-state index is 0.390. The molecular weight excluding hydrogens is 380 g/mol. The van der Waals surface area contributed by atoms with Gasteiger partial charge in [-0.15, -0.1) is 0 Å². The molecule has 0 spiro atoms. The van der Waals surface area contributed by atoms with Crippen molar-refractivity contribution in [2.45, 2.75) is 0 Å². The van der Waals surface area contributed by atoms with E-state index in [9.17, 15) is 5.26 Å². The molecule has 5 rings (SSSR count). The molecule has 0 saturated carbocycles. The van der Waals surface area contributed by atoms with Crippen molar-refractivity contribution in [1.82, 2.24) is 19.9 Å². The van der Waals surface area contributed by atoms with Gasteiger partial charge in [0.25, 0.3) is 0 Å². The van der Waals surface area contributed by atoms with Crippen LogP contribution in [0, 0.1) is 11.3 Å². The maximum absolute atomic E-state index is 9.38. The highest BCUT2D eigenvalue weighted by molar-refractivity contribution is 5.95. The number of nitriles is 1. The number of benzene rings is 1. The molecule has 2 N–H and O–H groups in total. The third-order valence-electron chi connectivity index (χ3n) is 5.01. The molecule has 4 heterocycles. The van der Waals surface area contributed by atoms with Gasteiger partial charge in [0.2, 0.25) is 0 Å². The van der Waals surface area contributed by atoms with E-state index in [4.69, 9.17) is 14.5 Å². The van der Waals surface area contributed by atoms with E-state index < -0.39 is 0 Å². The first-order chi connectivity index (χ1) is 14.7. The zero-order valence-corrected chi connectivity index (χ0v) is 16.2. The Labute approximate surface area is 172 Å². The molecular formula is C22H16N6O2. The number of imidazole rings is 1. The van der Waals surface area contributed by atoms with Crippen LogP contribution in [0.4, 0.5) is 11.5 Å². The second-order valence-corrected chi connectivity index (χ2v) is 6.62. The molecule has 0 atom stereocenters. The minimum atomic E-state index is 0.390. The molecule has 0 amide bonds. The minimum Gasteiger partial charge on any atom is -0.496 e. The lowest BCUT2D eigenvalue weighted by Crippen LogP contribution is -1.97. The monoisotopic (exact) mass is 396 g/mol. The van der Waals surface area contributed by atoms with Gasteiger partial charge in [0.1, 0.15) is 34.9 Å². The Bertz CT molecular complexity index is 1260. The van der Waals surface area contributed by atoms with Crippen LogP contribution < -0.4 is 14.8 Å². The number of nitrogens with one attached hydrogen (secondary N) is 2. The zero-order chi connectivity index (χ0) is 20.7. The molecule has 0 saturated heterocycles. The summed E-state index contributed by atoms with van der Waals surface area (Å²) >= 11 is 0. The van der Waals surface area contributed by atoms with Crippen LogP contribution in [-0.2, 0) is 0 Å².